The molecule has 18 heavy (non-hydrogen) atoms. The first-order chi connectivity index (χ1) is 8.45. The molecule has 0 radical (unpaired) electrons. The van der Waals surface area contributed by atoms with E-state index in [0.717, 1.165) is 31.4 Å². The van der Waals surface area contributed by atoms with E-state index < -0.39 is 23.2 Å². The largest absolute Gasteiger partial charge is 0.347 e. The quantitative estimate of drug-likeness (QED) is 0.571. The van der Waals surface area contributed by atoms with Gasteiger partial charge in [0.05, 0.1) is 0 Å². The lowest BCUT2D eigenvalue weighted by atomic mass is 9.78. The highest BCUT2D eigenvalue weighted by Crippen LogP contribution is 2.31. The van der Waals surface area contributed by atoms with E-state index in [-0.39, 0.29) is 11.1 Å². The maximum Gasteiger partial charge on any atom is 0.251 e. The minimum Gasteiger partial charge on any atom is -0.347 e. The predicted molar refractivity (Wildman–Crippen MR) is 63.9 cm³/mol. The number of rotatable bonds is 3. The van der Waals surface area contributed by atoms with Crippen molar-refractivity contribution in [1.29, 1.82) is 0 Å². The van der Waals surface area contributed by atoms with Gasteiger partial charge in [-0.3, -0.25) is 10.6 Å². The Morgan fingerprint density at radius 3 is 2.28 bits per heavy atom. The summed E-state index contributed by atoms with van der Waals surface area (Å²) >= 11 is 0. The van der Waals surface area contributed by atoms with Crippen LogP contribution >= 0.6 is 0 Å². The van der Waals surface area contributed by atoms with Crippen molar-refractivity contribution in [1.82, 2.24) is 5.32 Å². The van der Waals surface area contributed by atoms with Crippen LogP contribution in [0.3, 0.4) is 0 Å². The molecule has 0 bridgehead atoms. The summed E-state index contributed by atoms with van der Waals surface area (Å²) in [6, 6.07) is 1.94. The molecule has 0 aromatic heterocycles. The van der Waals surface area contributed by atoms with Gasteiger partial charge < -0.3 is 10.7 Å². The molecule has 1 aromatic rings. The molecule has 0 saturated heterocycles. The first kappa shape index (κ1) is 12.8. The molecule has 4 nitrogen and oxygen atoms in total. The summed E-state index contributed by atoms with van der Waals surface area (Å²) in [7, 11) is 0. The second-order valence-electron chi connectivity index (χ2n) is 4.83. The number of halogens is 2. The molecule has 0 atom stereocenters. The van der Waals surface area contributed by atoms with Crippen LogP contribution in [0.1, 0.15) is 36.5 Å². The smallest absolute Gasteiger partial charge is 0.251 e. The Labute approximate surface area is 104 Å². The molecule has 0 unspecified atom stereocenters. The Hall–Kier alpha value is -1.69. The fourth-order valence-corrected chi connectivity index (χ4v) is 2.02. The normalized spacial score (nSPS) is 16.9. The van der Waals surface area contributed by atoms with E-state index >= 15 is 0 Å². The van der Waals surface area contributed by atoms with E-state index in [4.69, 9.17) is 5.84 Å². The number of hydrogen-bond acceptors (Lipinski definition) is 3. The zero-order chi connectivity index (χ0) is 13.3. The van der Waals surface area contributed by atoms with Crippen molar-refractivity contribution >= 4 is 11.6 Å². The minimum atomic E-state index is -0.888. The van der Waals surface area contributed by atoms with Crippen LogP contribution in [0.2, 0.25) is 0 Å². The molecular formula is C12H15F2N3O. The van der Waals surface area contributed by atoms with Crippen LogP contribution in [0.4, 0.5) is 14.5 Å². The lowest BCUT2D eigenvalue weighted by Crippen LogP contribution is -2.50. The van der Waals surface area contributed by atoms with Gasteiger partial charge in [-0.25, -0.2) is 8.78 Å². The van der Waals surface area contributed by atoms with Gasteiger partial charge in [-0.2, -0.15) is 0 Å². The zero-order valence-corrected chi connectivity index (χ0v) is 10.0. The van der Waals surface area contributed by atoms with Crippen molar-refractivity contribution in [2.75, 3.05) is 5.43 Å². The van der Waals surface area contributed by atoms with Crippen molar-refractivity contribution in [2.45, 2.75) is 31.7 Å². The van der Waals surface area contributed by atoms with Crippen LogP contribution in [0.25, 0.3) is 0 Å². The zero-order valence-electron chi connectivity index (χ0n) is 10.0. The molecule has 98 valence electrons. The first-order valence-electron chi connectivity index (χ1n) is 5.73. The number of amides is 1. The minimum absolute atomic E-state index is 0.0443. The number of anilines is 1. The average molecular weight is 255 g/mol. The molecule has 4 N–H and O–H groups in total. The Morgan fingerprint density at radius 1 is 1.33 bits per heavy atom. The van der Waals surface area contributed by atoms with Gasteiger partial charge >= 0.3 is 0 Å². The van der Waals surface area contributed by atoms with Crippen molar-refractivity contribution in [3.8, 4) is 0 Å². The third kappa shape index (κ3) is 2.28. The molecule has 1 fully saturated rings. The molecule has 1 aromatic carbocycles. The van der Waals surface area contributed by atoms with Gasteiger partial charge in [0.25, 0.3) is 5.91 Å². The number of hydrogen-bond donors (Lipinski definition) is 3. The summed E-state index contributed by atoms with van der Waals surface area (Å²) in [5, 5.41) is 2.78. The molecule has 1 saturated carbocycles. The third-order valence-corrected chi connectivity index (χ3v) is 3.32. The summed E-state index contributed by atoms with van der Waals surface area (Å²) in [6.07, 6.45) is 2.81. The van der Waals surface area contributed by atoms with Gasteiger partial charge in [0.2, 0.25) is 0 Å². The highest BCUT2D eigenvalue weighted by atomic mass is 19.1. The van der Waals surface area contributed by atoms with Crippen LogP contribution in [-0.4, -0.2) is 11.4 Å². The van der Waals surface area contributed by atoms with E-state index in [0.29, 0.717) is 0 Å². The molecule has 1 aliphatic rings. The van der Waals surface area contributed by atoms with Gasteiger partial charge in [-0.05, 0) is 38.3 Å². The van der Waals surface area contributed by atoms with Crippen LogP contribution in [0.15, 0.2) is 12.1 Å². The highest BCUT2D eigenvalue weighted by Gasteiger charge is 2.33. The molecule has 6 heteroatoms. The maximum absolute atomic E-state index is 13.4. The van der Waals surface area contributed by atoms with Crippen LogP contribution < -0.4 is 16.6 Å². The van der Waals surface area contributed by atoms with Gasteiger partial charge in [0.15, 0.2) is 11.6 Å². The molecule has 1 aliphatic carbocycles. The summed E-state index contributed by atoms with van der Waals surface area (Å²) < 4.78 is 26.9. The monoisotopic (exact) mass is 255 g/mol. The second-order valence-corrected chi connectivity index (χ2v) is 4.83. The SMILES string of the molecule is CC1(NC(=O)c2cc(F)c(NN)c(F)c2)CCC1. The Balaban J connectivity index is 2.20. The lowest BCUT2D eigenvalue weighted by Gasteiger charge is -2.39. The van der Waals surface area contributed by atoms with Crippen molar-refractivity contribution in [3.63, 3.8) is 0 Å². The van der Waals surface area contributed by atoms with Crippen LogP contribution in [0, 0.1) is 11.6 Å². The molecule has 0 spiro atoms. The number of nitrogens with two attached hydrogens (primary N) is 1. The highest BCUT2D eigenvalue weighted by molar-refractivity contribution is 5.95. The lowest BCUT2D eigenvalue weighted by molar-refractivity contribution is 0.0849. The molecule has 0 aliphatic heterocycles. The molecule has 2 rings (SSSR count). The van der Waals surface area contributed by atoms with Gasteiger partial charge in [0, 0.05) is 11.1 Å². The second kappa shape index (κ2) is 4.53. The summed E-state index contributed by atoms with van der Waals surface area (Å²) in [4.78, 5) is 11.9. The van der Waals surface area contributed by atoms with Gasteiger partial charge in [-0.15, -0.1) is 0 Å². The average Bonchev–Trinajstić information content (AvgIpc) is 2.26. The number of benzene rings is 1. The number of carbonyl (C=O) groups excluding carboxylic acids is 1. The topological polar surface area (TPSA) is 67.2 Å². The van der Waals surface area contributed by atoms with Crippen LogP contribution in [0.5, 0.6) is 0 Å². The molecule has 0 heterocycles. The Morgan fingerprint density at radius 2 is 1.89 bits per heavy atom. The van der Waals surface area contributed by atoms with E-state index in [1.165, 1.54) is 0 Å². The third-order valence-electron chi connectivity index (χ3n) is 3.32. The number of nitrogen functional groups attached to an aromatic ring is 1. The van der Waals surface area contributed by atoms with Gasteiger partial charge in [0.1, 0.15) is 5.69 Å². The first-order valence-corrected chi connectivity index (χ1v) is 5.73. The van der Waals surface area contributed by atoms with Crippen molar-refractivity contribution in [3.05, 3.63) is 29.3 Å². The maximum atomic E-state index is 13.4. The summed E-state index contributed by atoms with van der Waals surface area (Å²) in [6.45, 7) is 1.91. The van der Waals surface area contributed by atoms with Crippen molar-refractivity contribution < 1.29 is 13.6 Å². The predicted octanol–water partition coefficient (Wildman–Crippen LogP) is 1.92. The summed E-state index contributed by atoms with van der Waals surface area (Å²) in [5.74, 6) is 2.73. The van der Waals surface area contributed by atoms with Crippen LogP contribution in [-0.2, 0) is 0 Å². The molecular weight excluding hydrogens is 240 g/mol. The summed E-state index contributed by atoms with van der Waals surface area (Å²) in [5.41, 5.74) is 1.18. The Kier molecular flexibility index (Phi) is 3.21. The fourth-order valence-electron chi connectivity index (χ4n) is 2.02. The number of carbonyl (C=O) groups is 1. The van der Waals surface area contributed by atoms with E-state index in [9.17, 15) is 13.6 Å². The van der Waals surface area contributed by atoms with Gasteiger partial charge in [-0.1, -0.05) is 0 Å². The standard InChI is InChI=1S/C12H15F2N3O/c1-12(3-2-4-12)16-11(18)7-5-8(13)10(17-15)9(14)6-7/h5-6,17H,2-4,15H2,1H3,(H,16,18). The van der Waals surface area contributed by atoms with E-state index in [1.54, 1.807) is 0 Å². The number of hydrazine groups is 1. The number of nitrogens with one attached hydrogen (secondary N) is 2. The van der Waals surface area contributed by atoms with Crippen molar-refractivity contribution in [2.24, 2.45) is 5.84 Å². The fraction of sp³-hybridized carbons (Fsp3) is 0.417. The van der Waals surface area contributed by atoms with E-state index in [2.05, 4.69) is 5.32 Å². The van der Waals surface area contributed by atoms with E-state index in [1.807, 2.05) is 12.3 Å². The molecule has 1 amide bonds. The Bertz CT molecular complexity index is 463.